The van der Waals surface area contributed by atoms with E-state index in [2.05, 4.69) is 34.6 Å². The molecule has 0 rings (SSSR count). The maximum Gasteiger partial charge on any atom is -0.0272 e. The van der Waals surface area contributed by atoms with E-state index in [1.807, 2.05) is 0 Å². The van der Waals surface area contributed by atoms with Crippen molar-refractivity contribution in [3.05, 3.63) is 0 Å². The molecule has 20 heavy (non-hydrogen) atoms. The Morgan fingerprint density at radius 3 is 1.30 bits per heavy atom. The summed E-state index contributed by atoms with van der Waals surface area (Å²) in [4.78, 5) is 0. The quantitative estimate of drug-likeness (QED) is 0.305. The van der Waals surface area contributed by atoms with Crippen molar-refractivity contribution in [2.75, 3.05) is 0 Å². The van der Waals surface area contributed by atoms with Crippen LogP contribution in [0.2, 0.25) is 0 Å². The van der Waals surface area contributed by atoms with E-state index >= 15 is 0 Å². The molecule has 0 aliphatic carbocycles. The molecular weight excluding hydrogens is 240 g/mol. The van der Waals surface area contributed by atoms with Crippen LogP contribution in [0, 0.1) is 11.3 Å². The van der Waals surface area contributed by atoms with Gasteiger partial charge in [0.15, 0.2) is 0 Å². The first-order valence-corrected chi connectivity index (χ1v) is 9.70. The maximum absolute atomic E-state index is 2.47. The summed E-state index contributed by atoms with van der Waals surface area (Å²) in [6.45, 7) is 11.9. The molecule has 0 radical (unpaired) electrons. The zero-order valence-electron chi connectivity index (χ0n) is 15.3. The van der Waals surface area contributed by atoms with Crippen LogP contribution in [0.15, 0.2) is 0 Å². The summed E-state index contributed by atoms with van der Waals surface area (Å²) >= 11 is 0. The molecule has 0 aliphatic rings. The lowest BCUT2D eigenvalue weighted by Crippen LogP contribution is -2.30. The van der Waals surface area contributed by atoms with Gasteiger partial charge in [0.2, 0.25) is 0 Å². The minimum Gasteiger partial charge on any atom is -0.0654 e. The Morgan fingerprint density at radius 2 is 1.00 bits per heavy atom. The molecule has 0 heteroatoms. The number of hydrogen-bond donors (Lipinski definition) is 0. The van der Waals surface area contributed by atoms with Crippen LogP contribution < -0.4 is 0 Å². The maximum atomic E-state index is 2.47. The molecule has 0 nitrogen and oxygen atoms in total. The van der Waals surface area contributed by atoms with Crippen LogP contribution in [-0.4, -0.2) is 0 Å². The molecule has 122 valence electrons. The molecule has 0 saturated carbocycles. The molecule has 0 aliphatic heterocycles. The highest BCUT2D eigenvalue weighted by atomic mass is 14.4. The normalized spacial score (nSPS) is 12.3. The number of unbranched alkanes of at least 4 members (excludes halogenated alkanes) is 4. The Kier molecular flexibility index (Phi) is 12.7. The summed E-state index contributed by atoms with van der Waals surface area (Å²) in [5.41, 5.74) is 0.663. The molecule has 0 N–H and O–H groups in total. The molecule has 0 aromatic rings. The Labute approximate surface area is 130 Å². The van der Waals surface area contributed by atoms with Crippen molar-refractivity contribution in [1.29, 1.82) is 0 Å². The van der Waals surface area contributed by atoms with E-state index in [1.165, 1.54) is 83.5 Å². The highest BCUT2D eigenvalue weighted by molar-refractivity contribution is 4.85. The Hall–Kier alpha value is 0. The van der Waals surface area contributed by atoms with Crippen molar-refractivity contribution >= 4 is 0 Å². The third-order valence-electron chi connectivity index (χ3n) is 5.44. The average molecular weight is 283 g/mol. The van der Waals surface area contributed by atoms with Gasteiger partial charge in [-0.2, -0.15) is 0 Å². The predicted octanol–water partition coefficient (Wildman–Crippen LogP) is 7.76. The molecule has 0 unspecified atom stereocenters. The van der Waals surface area contributed by atoms with Crippen LogP contribution in [-0.2, 0) is 0 Å². The van der Waals surface area contributed by atoms with Crippen LogP contribution in [0.3, 0.4) is 0 Å². The molecule has 0 heterocycles. The summed E-state index contributed by atoms with van der Waals surface area (Å²) in [5.74, 6) is 0.991. The Morgan fingerprint density at radius 1 is 0.600 bits per heavy atom. The Balaban J connectivity index is 4.89. The minimum atomic E-state index is 0.663. The molecule has 0 aromatic heterocycles. The van der Waals surface area contributed by atoms with E-state index in [-0.39, 0.29) is 0 Å². The summed E-state index contributed by atoms with van der Waals surface area (Å²) in [7, 11) is 0. The number of hydrogen-bond acceptors (Lipinski definition) is 0. The topological polar surface area (TPSA) is 0 Å². The fourth-order valence-corrected chi connectivity index (χ4v) is 3.89. The second-order valence-electron chi connectivity index (χ2n) is 6.90. The first-order valence-electron chi connectivity index (χ1n) is 9.70. The van der Waals surface area contributed by atoms with E-state index in [0.29, 0.717) is 5.41 Å². The van der Waals surface area contributed by atoms with Gasteiger partial charge in [0.1, 0.15) is 0 Å². The largest absolute Gasteiger partial charge is 0.0654 e. The van der Waals surface area contributed by atoms with Crippen LogP contribution in [0.1, 0.15) is 118 Å². The lowest BCUT2D eigenvalue weighted by Gasteiger charge is -2.41. The lowest BCUT2D eigenvalue weighted by atomic mass is 9.64. The molecule has 0 fully saturated rings. The van der Waals surface area contributed by atoms with Gasteiger partial charge in [-0.3, -0.25) is 0 Å². The molecule has 0 amide bonds. The summed E-state index contributed by atoms with van der Waals surface area (Å²) in [6, 6.07) is 0. The first kappa shape index (κ1) is 20.0. The van der Waals surface area contributed by atoms with Crippen molar-refractivity contribution in [3.8, 4) is 0 Å². The van der Waals surface area contributed by atoms with Crippen LogP contribution >= 0.6 is 0 Å². The minimum absolute atomic E-state index is 0.663. The monoisotopic (exact) mass is 282 g/mol. The van der Waals surface area contributed by atoms with Gasteiger partial charge in [-0.25, -0.2) is 0 Å². The summed E-state index contributed by atoms with van der Waals surface area (Å²) < 4.78 is 0. The fraction of sp³-hybridized carbons (Fsp3) is 1.00. The molecule has 0 spiro atoms. The Bertz CT molecular complexity index is 178. The van der Waals surface area contributed by atoms with Gasteiger partial charge >= 0.3 is 0 Å². The summed E-state index contributed by atoms with van der Waals surface area (Å²) in [6.07, 6.45) is 18.6. The van der Waals surface area contributed by atoms with Crippen molar-refractivity contribution in [3.63, 3.8) is 0 Å². The molecule has 0 aromatic carbocycles. The van der Waals surface area contributed by atoms with Crippen LogP contribution in [0.25, 0.3) is 0 Å². The van der Waals surface area contributed by atoms with Crippen molar-refractivity contribution in [1.82, 2.24) is 0 Å². The van der Waals surface area contributed by atoms with E-state index in [1.54, 1.807) is 0 Å². The first-order chi connectivity index (χ1) is 9.70. The van der Waals surface area contributed by atoms with E-state index < -0.39 is 0 Å². The van der Waals surface area contributed by atoms with Crippen LogP contribution in [0.5, 0.6) is 0 Å². The zero-order chi connectivity index (χ0) is 15.3. The van der Waals surface area contributed by atoms with E-state index in [9.17, 15) is 0 Å². The molecule has 0 saturated heterocycles. The SMILES string of the molecule is CCCCC(CCCC)C(CC)(CCCC)CCCC. The van der Waals surface area contributed by atoms with Crippen molar-refractivity contribution in [2.24, 2.45) is 11.3 Å². The third-order valence-corrected chi connectivity index (χ3v) is 5.44. The fourth-order valence-electron chi connectivity index (χ4n) is 3.89. The second kappa shape index (κ2) is 12.7. The molecular formula is C20H42. The van der Waals surface area contributed by atoms with Gasteiger partial charge in [0, 0.05) is 0 Å². The second-order valence-corrected chi connectivity index (χ2v) is 6.90. The smallest absolute Gasteiger partial charge is 0.0272 e. The van der Waals surface area contributed by atoms with Crippen molar-refractivity contribution in [2.45, 2.75) is 118 Å². The highest BCUT2D eigenvalue weighted by Gasteiger charge is 2.34. The number of rotatable bonds is 14. The highest BCUT2D eigenvalue weighted by Crippen LogP contribution is 2.46. The zero-order valence-corrected chi connectivity index (χ0v) is 15.3. The summed E-state index contributed by atoms with van der Waals surface area (Å²) in [5, 5.41) is 0. The van der Waals surface area contributed by atoms with Crippen LogP contribution in [0.4, 0.5) is 0 Å². The van der Waals surface area contributed by atoms with E-state index in [0.717, 1.165) is 5.92 Å². The molecule has 0 atom stereocenters. The van der Waals surface area contributed by atoms with E-state index in [4.69, 9.17) is 0 Å². The van der Waals surface area contributed by atoms with Gasteiger partial charge in [-0.05, 0) is 37.0 Å². The van der Waals surface area contributed by atoms with Gasteiger partial charge < -0.3 is 0 Å². The lowest BCUT2D eigenvalue weighted by molar-refractivity contribution is 0.0934. The van der Waals surface area contributed by atoms with Gasteiger partial charge in [0.05, 0.1) is 0 Å². The standard InChI is InChI=1S/C20H42/c1-6-11-15-19(16-12-7-2)20(10-5,17-13-8-3)18-14-9-4/h19H,6-18H2,1-5H3. The molecule has 0 bridgehead atoms. The van der Waals surface area contributed by atoms with Crippen molar-refractivity contribution < 1.29 is 0 Å². The van der Waals surface area contributed by atoms with Gasteiger partial charge in [0.25, 0.3) is 0 Å². The third kappa shape index (κ3) is 7.14. The average Bonchev–Trinajstić information content (AvgIpc) is 2.49. The predicted molar refractivity (Wildman–Crippen MR) is 94.3 cm³/mol. The van der Waals surface area contributed by atoms with Gasteiger partial charge in [-0.1, -0.05) is 92.4 Å². The van der Waals surface area contributed by atoms with Gasteiger partial charge in [-0.15, -0.1) is 0 Å².